The van der Waals surface area contributed by atoms with E-state index < -0.39 is 10.7 Å². The van der Waals surface area contributed by atoms with Crippen molar-refractivity contribution in [3.8, 4) is 5.75 Å². The van der Waals surface area contributed by atoms with Crippen LogP contribution in [0.3, 0.4) is 0 Å². The van der Waals surface area contributed by atoms with Crippen molar-refractivity contribution in [3.63, 3.8) is 0 Å². The molecule has 0 fully saturated rings. The van der Waals surface area contributed by atoms with Gasteiger partial charge in [-0.25, -0.2) is 10.4 Å². The molecule has 9 nitrogen and oxygen atoms in total. The first-order valence-electron chi connectivity index (χ1n) is 7.75. The Hall–Kier alpha value is -3.75. The first-order valence-corrected chi connectivity index (χ1v) is 7.75. The summed E-state index contributed by atoms with van der Waals surface area (Å²) in [5.74, 6) is -0.189. The molecule has 0 aliphatic heterocycles. The Balaban J connectivity index is 1.95. The van der Waals surface area contributed by atoms with Crippen molar-refractivity contribution in [2.45, 2.75) is 13.5 Å². The van der Waals surface area contributed by atoms with Gasteiger partial charge in [0.25, 0.3) is 11.2 Å². The zero-order valence-corrected chi connectivity index (χ0v) is 13.7. The number of nitrogens with zero attached hydrogens (tertiary/aromatic N) is 4. The Bertz CT molecular complexity index is 1070. The van der Waals surface area contributed by atoms with Crippen LogP contribution in [0.15, 0.2) is 52.4 Å². The van der Waals surface area contributed by atoms with Crippen LogP contribution < -0.4 is 16.1 Å². The molecule has 0 unspecified atom stereocenters. The average Bonchev–Trinajstić information content (AvgIpc) is 2.63. The van der Waals surface area contributed by atoms with Crippen LogP contribution in [-0.2, 0) is 6.54 Å². The van der Waals surface area contributed by atoms with Crippen LogP contribution in [0.2, 0.25) is 0 Å². The van der Waals surface area contributed by atoms with Gasteiger partial charge >= 0.3 is 0 Å². The van der Waals surface area contributed by atoms with Gasteiger partial charge in [0.2, 0.25) is 5.95 Å². The standard InChI is InChI=1S/C17H15N5O4/c1-2-21-16(24)13-5-3-4-6-14(13)19-17(21)20-18-10-11-9-12(22(25)26)7-8-15(11)23/h3-10,23H,2H2,1H3,(H,19,20)/p-1/b18-10-. The minimum atomic E-state index is -0.593. The molecule has 26 heavy (non-hydrogen) atoms. The second kappa shape index (κ2) is 7.01. The van der Waals surface area contributed by atoms with Gasteiger partial charge in [0.15, 0.2) is 0 Å². The maximum atomic E-state index is 12.5. The lowest BCUT2D eigenvalue weighted by atomic mass is 10.2. The van der Waals surface area contributed by atoms with Crippen LogP contribution in [-0.4, -0.2) is 20.7 Å². The molecule has 132 valence electrons. The van der Waals surface area contributed by atoms with Crippen molar-refractivity contribution in [2.75, 3.05) is 5.43 Å². The number of rotatable bonds is 5. The fourth-order valence-electron chi connectivity index (χ4n) is 2.46. The number of nitrogens with one attached hydrogen (secondary N) is 1. The maximum absolute atomic E-state index is 12.5. The van der Waals surface area contributed by atoms with Gasteiger partial charge in [-0.3, -0.25) is 19.5 Å². The molecule has 0 bridgehead atoms. The number of benzene rings is 2. The van der Waals surface area contributed by atoms with Crippen molar-refractivity contribution >= 4 is 28.8 Å². The molecule has 9 heteroatoms. The second-order valence-electron chi connectivity index (χ2n) is 5.35. The Morgan fingerprint density at radius 1 is 1.31 bits per heavy atom. The minimum Gasteiger partial charge on any atom is -0.872 e. The summed E-state index contributed by atoms with van der Waals surface area (Å²) in [5, 5.41) is 27.0. The molecular formula is C17H14N5O4-. The number of hydrogen-bond donors (Lipinski definition) is 1. The average molecular weight is 352 g/mol. The van der Waals surface area contributed by atoms with Gasteiger partial charge in [-0.15, -0.1) is 0 Å². The molecule has 0 amide bonds. The number of hydrogen-bond acceptors (Lipinski definition) is 7. The molecule has 0 radical (unpaired) electrons. The number of aromatic nitrogens is 2. The van der Waals surface area contributed by atoms with Crippen LogP contribution in [0.1, 0.15) is 12.5 Å². The molecule has 0 saturated carbocycles. The van der Waals surface area contributed by atoms with Crippen molar-refractivity contribution < 1.29 is 10.0 Å². The molecule has 0 saturated heterocycles. The second-order valence-corrected chi connectivity index (χ2v) is 5.35. The largest absolute Gasteiger partial charge is 0.872 e. The first-order chi connectivity index (χ1) is 12.5. The SMILES string of the molecule is CCn1c(N/N=C\c2cc([N+](=O)[O-])ccc2[O-])nc2ccccc2c1=O. The molecule has 0 spiro atoms. The lowest BCUT2D eigenvalue weighted by Crippen LogP contribution is -2.23. The molecule has 1 N–H and O–H groups in total. The van der Waals surface area contributed by atoms with Gasteiger partial charge in [-0.1, -0.05) is 23.9 Å². The molecular weight excluding hydrogens is 338 g/mol. The molecule has 2 aromatic carbocycles. The molecule has 3 rings (SSSR count). The van der Waals surface area contributed by atoms with Crippen LogP contribution in [0.4, 0.5) is 11.6 Å². The first kappa shape index (κ1) is 17.1. The number of anilines is 1. The van der Waals surface area contributed by atoms with E-state index in [2.05, 4.69) is 15.5 Å². The Morgan fingerprint density at radius 3 is 2.81 bits per heavy atom. The summed E-state index contributed by atoms with van der Waals surface area (Å²) in [4.78, 5) is 27.1. The fourth-order valence-corrected chi connectivity index (χ4v) is 2.46. The monoisotopic (exact) mass is 352 g/mol. The lowest BCUT2D eigenvalue weighted by Gasteiger charge is -2.11. The molecule has 0 aliphatic carbocycles. The van der Waals surface area contributed by atoms with Crippen LogP contribution >= 0.6 is 0 Å². The van der Waals surface area contributed by atoms with Gasteiger partial charge in [-0.2, -0.15) is 5.10 Å². The Kier molecular flexibility index (Phi) is 4.61. The van der Waals surface area contributed by atoms with Gasteiger partial charge < -0.3 is 5.11 Å². The number of para-hydroxylation sites is 1. The summed E-state index contributed by atoms with van der Waals surface area (Å²) in [5.41, 5.74) is 2.78. The molecule has 1 heterocycles. The van der Waals surface area contributed by atoms with E-state index in [1.165, 1.54) is 4.57 Å². The van der Waals surface area contributed by atoms with Crippen molar-refractivity contribution in [2.24, 2.45) is 5.10 Å². The molecule has 0 aliphatic rings. The topological polar surface area (TPSA) is 125 Å². The number of nitro groups is 1. The summed E-state index contributed by atoms with van der Waals surface area (Å²) in [6.07, 6.45) is 1.16. The maximum Gasteiger partial charge on any atom is 0.270 e. The van der Waals surface area contributed by atoms with Crippen LogP contribution in [0, 0.1) is 10.1 Å². The highest BCUT2D eigenvalue weighted by molar-refractivity contribution is 5.85. The molecule has 0 atom stereocenters. The number of fused-ring (bicyclic) bond motifs is 1. The zero-order valence-electron chi connectivity index (χ0n) is 13.7. The van der Waals surface area contributed by atoms with Gasteiger partial charge in [0, 0.05) is 18.7 Å². The van der Waals surface area contributed by atoms with E-state index in [4.69, 9.17) is 0 Å². The smallest absolute Gasteiger partial charge is 0.270 e. The van der Waals surface area contributed by atoms with Gasteiger partial charge in [0.1, 0.15) is 0 Å². The van der Waals surface area contributed by atoms with Crippen LogP contribution in [0.25, 0.3) is 10.9 Å². The van der Waals surface area contributed by atoms with E-state index in [9.17, 15) is 20.0 Å². The minimum absolute atomic E-state index is 0.0536. The predicted octanol–water partition coefficient (Wildman–Crippen LogP) is 1.84. The zero-order chi connectivity index (χ0) is 18.7. The van der Waals surface area contributed by atoms with E-state index >= 15 is 0 Å². The third kappa shape index (κ3) is 3.22. The highest BCUT2D eigenvalue weighted by atomic mass is 16.6. The Labute approximate surface area is 147 Å². The van der Waals surface area contributed by atoms with Crippen molar-refractivity contribution in [3.05, 3.63) is 68.5 Å². The summed E-state index contributed by atoms with van der Waals surface area (Å²) < 4.78 is 1.41. The number of hydrazone groups is 1. The van der Waals surface area contributed by atoms with Gasteiger partial charge in [0.05, 0.1) is 22.0 Å². The third-order valence-electron chi connectivity index (χ3n) is 3.75. The van der Waals surface area contributed by atoms with E-state index in [0.717, 1.165) is 24.4 Å². The summed E-state index contributed by atoms with van der Waals surface area (Å²) in [6.45, 7) is 2.17. The lowest BCUT2D eigenvalue weighted by molar-refractivity contribution is -0.385. The van der Waals surface area contributed by atoms with E-state index in [1.54, 1.807) is 31.2 Å². The van der Waals surface area contributed by atoms with E-state index in [0.29, 0.717) is 17.4 Å². The third-order valence-corrected chi connectivity index (χ3v) is 3.75. The summed E-state index contributed by atoms with van der Waals surface area (Å²) in [7, 11) is 0. The predicted molar refractivity (Wildman–Crippen MR) is 95.4 cm³/mol. The number of nitro benzene ring substituents is 1. The van der Waals surface area contributed by atoms with E-state index in [1.807, 2.05) is 0 Å². The van der Waals surface area contributed by atoms with Crippen molar-refractivity contribution in [1.82, 2.24) is 9.55 Å². The molecule has 1 aromatic heterocycles. The van der Waals surface area contributed by atoms with E-state index in [-0.39, 0.29) is 22.8 Å². The van der Waals surface area contributed by atoms with Gasteiger partial charge in [-0.05, 0) is 24.6 Å². The number of non-ortho nitro benzene ring substituents is 1. The van der Waals surface area contributed by atoms with Crippen LogP contribution in [0.5, 0.6) is 5.75 Å². The highest BCUT2D eigenvalue weighted by Crippen LogP contribution is 2.19. The van der Waals surface area contributed by atoms with Crippen molar-refractivity contribution in [1.29, 1.82) is 0 Å². The highest BCUT2D eigenvalue weighted by Gasteiger charge is 2.09. The normalized spacial score (nSPS) is 11.1. The molecule has 3 aromatic rings. The summed E-state index contributed by atoms with van der Waals surface area (Å²) >= 11 is 0. The summed E-state index contributed by atoms with van der Waals surface area (Å²) in [6, 6.07) is 10.3. The fraction of sp³-hybridized carbons (Fsp3) is 0.118. The quantitative estimate of drug-likeness (QED) is 0.424. The Morgan fingerprint density at radius 2 is 2.08 bits per heavy atom.